The lowest BCUT2D eigenvalue weighted by Crippen LogP contribution is -2.41. The molecular weight excluding hydrogens is 390 g/mol. The van der Waals surface area contributed by atoms with Crippen LogP contribution >= 0.6 is 0 Å². The number of β-amino-alcohol motifs (C(OH)–C–C–N with tert-alkyl or cyclic N) is 1. The fraction of sp³-hybridized carbons (Fsp3) is 0.429. The predicted octanol–water partition coefficient (Wildman–Crippen LogP) is 0.759. The Bertz CT molecular complexity index is 873. The van der Waals surface area contributed by atoms with Gasteiger partial charge in [-0.1, -0.05) is 12.1 Å². The Morgan fingerprint density at radius 3 is 2.57 bits per heavy atom. The molecule has 30 heavy (non-hydrogen) atoms. The molecule has 160 valence electrons. The van der Waals surface area contributed by atoms with Crippen molar-refractivity contribution in [1.29, 1.82) is 0 Å². The Kier molecular flexibility index (Phi) is 6.83. The summed E-state index contributed by atoms with van der Waals surface area (Å²) in [6.45, 7) is 2.55. The fourth-order valence-electron chi connectivity index (χ4n) is 3.58. The number of anilines is 1. The highest BCUT2D eigenvalue weighted by Gasteiger charge is 2.32. The number of piperidine rings is 1. The minimum atomic E-state index is -0.549. The number of rotatable bonds is 7. The van der Waals surface area contributed by atoms with E-state index in [1.807, 2.05) is 0 Å². The van der Waals surface area contributed by atoms with Crippen LogP contribution in [0.5, 0.6) is 0 Å². The molecule has 1 aromatic rings. The van der Waals surface area contributed by atoms with Gasteiger partial charge in [0.05, 0.1) is 36.9 Å². The molecule has 2 N–H and O–H groups in total. The number of carbonyl (C=O) groups is 4. The maximum absolute atomic E-state index is 13.1. The highest BCUT2D eigenvalue weighted by Crippen LogP contribution is 2.25. The van der Waals surface area contributed by atoms with Gasteiger partial charge in [-0.2, -0.15) is 0 Å². The molecule has 9 heteroatoms. The number of imide groups is 1. The highest BCUT2D eigenvalue weighted by molar-refractivity contribution is 6.17. The molecule has 0 bridgehead atoms. The van der Waals surface area contributed by atoms with E-state index in [9.17, 15) is 19.2 Å². The van der Waals surface area contributed by atoms with E-state index in [-0.39, 0.29) is 36.6 Å². The molecule has 0 atom stereocenters. The molecule has 3 rings (SSSR count). The zero-order valence-electron chi connectivity index (χ0n) is 16.8. The molecule has 1 fully saturated rings. The van der Waals surface area contributed by atoms with Gasteiger partial charge < -0.3 is 20.1 Å². The predicted molar refractivity (Wildman–Crippen MR) is 107 cm³/mol. The van der Waals surface area contributed by atoms with Gasteiger partial charge in [0.25, 0.3) is 17.7 Å². The van der Waals surface area contributed by atoms with E-state index in [0.717, 1.165) is 11.0 Å². The van der Waals surface area contributed by atoms with Gasteiger partial charge >= 0.3 is 5.97 Å². The molecule has 9 nitrogen and oxygen atoms in total. The van der Waals surface area contributed by atoms with Crippen molar-refractivity contribution in [3.8, 4) is 0 Å². The van der Waals surface area contributed by atoms with Crippen molar-refractivity contribution in [3.63, 3.8) is 0 Å². The van der Waals surface area contributed by atoms with Crippen LogP contribution in [-0.2, 0) is 19.1 Å². The van der Waals surface area contributed by atoms with E-state index in [1.165, 1.54) is 0 Å². The number of ether oxygens (including phenoxy) is 1. The smallest absolute Gasteiger partial charge is 0.309 e. The number of benzene rings is 1. The maximum Gasteiger partial charge on any atom is 0.309 e. The quantitative estimate of drug-likeness (QED) is 0.499. The molecule has 2 aliphatic rings. The Hall–Kier alpha value is -3.20. The Labute approximate surface area is 174 Å². The summed E-state index contributed by atoms with van der Waals surface area (Å²) in [5.41, 5.74) is 0.830. The number of para-hydroxylation sites is 1. The van der Waals surface area contributed by atoms with Gasteiger partial charge in [-0.25, -0.2) is 0 Å². The Morgan fingerprint density at radius 2 is 1.90 bits per heavy atom. The average Bonchev–Trinajstić information content (AvgIpc) is 3.01. The second kappa shape index (κ2) is 9.53. The van der Waals surface area contributed by atoms with Crippen LogP contribution in [0.15, 0.2) is 36.0 Å². The third kappa shape index (κ3) is 4.51. The van der Waals surface area contributed by atoms with Gasteiger partial charge in [-0.3, -0.25) is 24.1 Å². The largest absolute Gasteiger partial charge is 0.466 e. The SMILES string of the molecule is CCOC(=O)C1CCN(C(=O)c2ccccc2NC2=CC(=O)N(CCO)C2=O)CC1. The molecular formula is C21H25N3O6. The van der Waals surface area contributed by atoms with E-state index in [4.69, 9.17) is 9.84 Å². The molecule has 1 aromatic carbocycles. The first kappa shape index (κ1) is 21.5. The van der Waals surface area contributed by atoms with E-state index >= 15 is 0 Å². The molecule has 3 amide bonds. The summed E-state index contributed by atoms with van der Waals surface area (Å²) in [7, 11) is 0. The zero-order valence-corrected chi connectivity index (χ0v) is 16.8. The van der Waals surface area contributed by atoms with Crippen LogP contribution in [0.4, 0.5) is 5.69 Å². The van der Waals surface area contributed by atoms with Crippen LogP contribution < -0.4 is 5.32 Å². The molecule has 0 spiro atoms. The first-order chi connectivity index (χ1) is 14.5. The number of carbonyl (C=O) groups excluding carboxylic acids is 4. The van der Waals surface area contributed by atoms with Crippen LogP contribution in [0, 0.1) is 5.92 Å². The van der Waals surface area contributed by atoms with Crippen LogP contribution in [0.25, 0.3) is 0 Å². The van der Waals surface area contributed by atoms with Crippen LogP contribution in [0.2, 0.25) is 0 Å². The number of hydrogen-bond acceptors (Lipinski definition) is 7. The summed E-state index contributed by atoms with van der Waals surface area (Å²) < 4.78 is 5.06. The van der Waals surface area contributed by atoms with Gasteiger partial charge in [0.15, 0.2) is 0 Å². The first-order valence-electron chi connectivity index (χ1n) is 9.96. The van der Waals surface area contributed by atoms with E-state index in [0.29, 0.717) is 43.8 Å². The third-order valence-electron chi connectivity index (χ3n) is 5.16. The Balaban J connectivity index is 1.69. The molecule has 2 aliphatic heterocycles. The summed E-state index contributed by atoms with van der Waals surface area (Å²) in [6.07, 6.45) is 2.23. The average molecular weight is 415 g/mol. The molecule has 0 radical (unpaired) electrons. The second-order valence-corrected chi connectivity index (χ2v) is 7.07. The molecule has 2 heterocycles. The van der Waals surface area contributed by atoms with Crippen molar-refractivity contribution in [2.24, 2.45) is 5.92 Å². The number of aliphatic hydroxyl groups excluding tert-OH is 1. The molecule has 0 saturated carbocycles. The summed E-state index contributed by atoms with van der Waals surface area (Å²) in [6, 6.07) is 6.75. The molecule has 0 unspecified atom stereocenters. The van der Waals surface area contributed by atoms with Crippen LogP contribution in [0.1, 0.15) is 30.1 Å². The Morgan fingerprint density at radius 1 is 1.20 bits per heavy atom. The first-order valence-corrected chi connectivity index (χ1v) is 9.96. The van der Waals surface area contributed by atoms with E-state index < -0.39 is 11.8 Å². The topological polar surface area (TPSA) is 116 Å². The van der Waals surface area contributed by atoms with Crippen molar-refractivity contribution in [2.45, 2.75) is 19.8 Å². The number of esters is 1. The number of amides is 3. The van der Waals surface area contributed by atoms with E-state index in [2.05, 4.69) is 5.32 Å². The van der Waals surface area contributed by atoms with Crippen molar-refractivity contribution in [1.82, 2.24) is 9.80 Å². The van der Waals surface area contributed by atoms with Crippen molar-refractivity contribution in [3.05, 3.63) is 41.6 Å². The second-order valence-electron chi connectivity index (χ2n) is 7.07. The summed E-state index contributed by atoms with van der Waals surface area (Å²) in [4.78, 5) is 51.9. The number of hydrogen-bond donors (Lipinski definition) is 2. The van der Waals surface area contributed by atoms with Gasteiger partial charge in [-0.15, -0.1) is 0 Å². The lowest BCUT2D eigenvalue weighted by atomic mass is 9.96. The van der Waals surface area contributed by atoms with Crippen molar-refractivity contribution >= 4 is 29.4 Å². The minimum absolute atomic E-state index is 0.0507. The van der Waals surface area contributed by atoms with Gasteiger partial charge in [0.2, 0.25) is 0 Å². The number of nitrogens with one attached hydrogen (secondary N) is 1. The van der Waals surface area contributed by atoms with Gasteiger partial charge in [0, 0.05) is 19.2 Å². The van der Waals surface area contributed by atoms with E-state index in [1.54, 1.807) is 36.1 Å². The minimum Gasteiger partial charge on any atom is -0.466 e. The maximum atomic E-state index is 13.1. The lowest BCUT2D eigenvalue weighted by Gasteiger charge is -2.31. The summed E-state index contributed by atoms with van der Waals surface area (Å²) >= 11 is 0. The van der Waals surface area contributed by atoms with Gasteiger partial charge in [-0.05, 0) is 31.9 Å². The normalized spacial score (nSPS) is 17.2. The van der Waals surface area contributed by atoms with Crippen LogP contribution in [-0.4, -0.2) is 71.4 Å². The van der Waals surface area contributed by atoms with Crippen LogP contribution in [0.3, 0.4) is 0 Å². The number of nitrogens with zero attached hydrogens (tertiary/aromatic N) is 2. The molecule has 0 aliphatic carbocycles. The lowest BCUT2D eigenvalue weighted by molar-refractivity contribution is -0.149. The highest BCUT2D eigenvalue weighted by atomic mass is 16.5. The molecule has 0 aromatic heterocycles. The fourth-order valence-corrected chi connectivity index (χ4v) is 3.58. The summed E-state index contributed by atoms with van der Waals surface area (Å²) in [5.74, 6) is -1.71. The van der Waals surface area contributed by atoms with Gasteiger partial charge in [0.1, 0.15) is 5.70 Å². The third-order valence-corrected chi connectivity index (χ3v) is 5.16. The molecule has 1 saturated heterocycles. The van der Waals surface area contributed by atoms with Crippen molar-refractivity contribution < 1.29 is 29.0 Å². The number of likely N-dealkylation sites (tertiary alicyclic amines) is 1. The number of aliphatic hydroxyl groups is 1. The summed E-state index contributed by atoms with van der Waals surface area (Å²) in [5, 5.41) is 11.9. The zero-order chi connectivity index (χ0) is 21.7. The monoisotopic (exact) mass is 415 g/mol. The van der Waals surface area contributed by atoms with Crippen molar-refractivity contribution in [2.75, 3.05) is 38.2 Å². The standard InChI is InChI=1S/C21H25N3O6/c1-2-30-21(29)14-7-9-23(10-8-14)19(27)15-5-3-4-6-16(15)22-17-13-18(26)24(11-12-25)20(17)28/h3-6,13-14,22,25H,2,7-12H2,1H3.